The smallest absolute Gasteiger partial charge is 0.234 e. The molecule has 1 heterocycles. The first kappa shape index (κ1) is 22.7. The van der Waals surface area contributed by atoms with E-state index in [0.717, 1.165) is 57.6 Å². The van der Waals surface area contributed by atoms with Crippen molar-refractivity contribution in [1.29, 1.82) is 0 Å². The minimum absolute atomic E-state index is 0.0706. The number of hydrogen-bond acceptors (Lipinski definition) is 4. The van der Waals surface area contributed by atoms with E-state index >= 15 is 0 Å². The molecule has 0 radical (unpaired) electrons. The zero-order chi connectivity index (χ0) is 19.2. The van der Waals surface area contributed by atoms with Crippen molar-refractivity contribution in [3.05, 3.63) is 0 Å². The minimum Gasteiger partial charge on any atom is -0.383 e. The fourth-order valence-corrected chi connectivity index (χ4v) is 2.94. The van der Waals surface area contributed by atoms with Gasteiger partial charge in [0.05, 0.1) is 13.2 Å². The lowest BCUT2D eigenvalue weighted by Crippen LogP contribution is -2.54. The van der Waals surface area contributed by atoms with Gasteiger partial charge in [0.1, 0.15) is 0 Å². The number of piperazine rings is 1. The number of nitrogens with one attached hydrogen (secondary N) is 2. The fraction of sp³-hybridized carbons (Fsp3) is 0.895. The van der Waals surface area contributed by atoms with E-state index < -0.39 is 0 Å². The normalized spacial score (nSPS) is 16.2. The van der Waals surface area contributed by atoms with Crippen LogP contribution in [0.4, 0.5) is 0 Å². The second-order valence-corrected chi connectivity index (χ2v) is 7.23. The zero-order valence-corrected chi connectivity index (χ0v) is 17.2. The first-order chi connectivity index (χ1) is 12.6. The highest BCUT2D eigenvalue weighted by atomic mass is 16.5. The third-order valence-corrected chi connectivity index (χ3v) is 4.45. The average molecular weight is 370 g/mol. The first-order valence-corrected chi connectivity index (χ1v) is 10.1. The summed E-state index contributed by atoms with van der Waals surface area (Å²) in [5.41, 5.74) is 0. The Morgan fingerprint density at radius 1 is 1.15 bits per heavy atom. The van der Waals surface area contributed by atoms with Crippen molar-refractivity contribution in [1.82, 2.24) is 20.4 Å². The van der Waals surface area contributed by atoms with Crippen LogP contribution in [-0.4, -0.2) is 87.7 Å². The minimum atomic E-state index is 0.0706. The fourth-order valence-electron chi connectivity index (χ4n) is 2.94. The van der Waals surface area contributed by atoms with Crippen molar-refractivity contribution in [3.8, 4) is 0 Å². The van der Waals surface area contributed by atoms with Crippen molar-refractivity contribution in [2.75, 3.05) is 66.1 Å². The van der Waals surface area contributed by atoms with Crippen molar-refractivity contribution in [3.63, 3.8) is 0 Å². The Morgan fingerprint density at radius 3 is 2.50 bits per heavy atom. The second-order valence-electron chi connectivity index (χ2n) is 7.23. The van der Waals surface area contributed by atoms with Crippen LogP contribution in [0.25, 0.3) is 0 Å². The van der Waals surface area contributed by atoms with Gasteiger partial charge in [0.25, 0.3) is 0 Å². The molecule has 152 valence electrons. The molecule has 1 saturated heterocycles. The lowest BCUT2D eigenvalue weighted by Gasteiger charge is -2.36. The molecule has 0 aromatic heterocycles. The van der Waals surface area contributed by atoms with Gasteiger partial charge in [0.2, 0.25) is 5.91 Å². The highest BCUT2D eigenvalue weighted by molar-refractivity contribution is 5.80. The molecule has 1 rings (SSSR count). The highest BCUT2D eigenvalue weighted by Crippen LogP contribution is 2.07. The van der Waals surface area contributed by atoms with Gasteiger partial charge in [-0.3, -0.25) is 14.7 Å². The molecule has 7 heteroatoms. The van der Waals surface area contributed by atoms with E-state index in [1.54, 1.807) is 7.11 Å². The van der Waals surface area contributed by atoms with Crippen LogP contribution < -0.4 is 10.6 Å². The van der Waals surface area contributed by atoms with E-state index in [-0.39, 0.29) is 5.91 Å². The molecule has 1 aliphatic rings. The van der Waals surface area contributed by atoms with E-state index in [4.69, 9.17) is 9.73 Å². The first-order valence-electron chi connectivity index (χ1n) is 10.1. The average Bonchev–Trinajstić information content (AvgIpc) is 2.61. The Bertz CT molecular complexity index is 407. The SMILES string of the molecule is CCNC(=NCCCCC(C)C)N1CCN(CC(=O)NCCOC)CC1. The summed E-state index contributed by atoms with van der Waals surface area (Å²) in [5.74, 6) is 1.86. The van der Waals surface area contributed by atoms with Gasteiger partial charge >= 0.3 is 0 Å². The maximum Gasteiger partial charge on any atom is 0.234 e. The third kappa shape index (κ3) is 9.97. The molecule has 1 amide bonds. The van der Waals surface area contributed by atoms with Gasteiger partial charge < -0.3 is 20.3 Å². The summed E-state index contributed by atoms with van der Waals surface area (Å²) in [4.78, 5) is 21.2. The number of hydrogen-bond donors (Lipinski definition) is 2. The van der Waals surface area contributed by atoms with Gasteiger partial charge in [-0.1, -0.05) is 26.7 Å². The molecule has 2 N–H and O–H groups in total. The molecule has 1 fully saturated rings. The van der Waals surface area contributed by atoms with Crippen LogP contribution in [0.2, 0.25) is 0 Å². The molecule has 0 aliphatic carbocycles. The van der Waals surface area contributed by atoms with Crippen LogP contribution in [0.15, 0.2) is 4.99 Å². The summed E-state index contributed by atoms with van der Waals surface area (Å²) in [7, 11) is 1.64. The van der Waals surface area contributed by atoms with Crippen LogP contribution in [-0.2, 0) is 9.53 Å². The van der Waals surface area contributed by atoms with Crippen LogP contribution in [0.5, 0.6) is 0 Å². The molecule has 0 aromatic carbocycles. The zero-order valence-electron chi connectivity index (χ0n) is 17.2. The molecule has 0 aromatic rings. The van der Waals surface area contributed by atoms with Gasteiger partial charge in [0, 0.05) is 52.9 Å². The molecule has 1 aliphatic heterocycles. The lowest BCUT2D eigenvalue weighted by atomic mass is 10.1. The Kier molecular flexibility index (Phi) is 12.1. The van der Waals surface area contributed by atoms with Crippen molar-refractivity contribution in [2.24, 2.45) is 10.9 Å². The molecular formula is C19H39N5O2. The van der Waals surface area contributed by atoms with Crippen molar-refractivity contribution in [2.45, 2.75) is 40.0 Å². The van der Waals surface area contributed by atoms with Crippen LogP contribution >= 0.6 is 0 Å². The monoisotopic (exact) mass is 369 g/mol. The van der Waals surface area contributed by atoms with E-state index in [0.29, 0.717) is 19.7 Å². The molecule has 0 unspecified atom stereocenters. The maximum absolute atomic E-state index is 11.9. The maximum atomic E-state index is 11.9. The Labute approximate surface area is 159 Å². The predicted octanol–water partition coefficient (Wildman–Crippen LogP) is 1.16. The Hall–Kier alpha value is -1.34. The molecular weight excluding hydrogens is 330 g/mol. The summed E-state index contributed by atoms with van der Waals surface area (Å²) in [6.45, 7) is 13.6. The topological polar surface area (TPSA) is 69.2 Å². The van der Waals surface area contributed by atoms with Crippen LogP contribution in [0.3, 0.4) is 0 Å². The van der Waals surface area contributed by atoms with Crippen molar-refractivity contribution < 1.29 is 9.53 Å². The van der Waals surface area contributed by atoms with E-state index in [9.17, 15) is 4.79 Å². The summed E-state index contributed by atoms with van der Waals surface area (Å²) >= 11 is 0. The largest absolute Gasteiger partial charge is 0.383 e. The van der Waals surface area contributed by atoms with Crippen LogP contribution in [0, 0.1) is 5.92 Å². The van der Waals surface area contributed by atoms with Gasteiger partial charge in [-0.15, -0.1) is 0 Å². The number of aliphatic imine (C=N–C) groups is 1. The third-order valence-electron chi connectivity index (χ3n) is 4.45. The summed E-state index contributed by atoms with van der Waals surface area (Å²) in [6.07, 6.45) is 3.67. The highest BCUT2D eigenvalue weighted by Gasteiger charge is 2.20. The standard InChI is InChI=1S/C19H39N5O2/c1-5-20-19(22-9-7-6-8-17(2)3)24-13-11-23(12-14-24)16-18(25)21-10-15-26-4/h17H,5-16H2,1-4H3,(H,20,22)(H,21,25). The molecule has 0 saturated carbocycles. The lowest BCUT2D eigenvalue weighted by molar-refractivity contribution is -0.122. The van der Waals surface area contributed by atoms with Gasteiger partial charge in [-0.05, 0) is 19.3 Å². The second kappa shape index (κ2) is 13.8. The number of rotatable bonds is 11. The van der Waals surface area contributed by atoms with Gasteiger partial charge in [0.15, 0.2) is 5.96 Å². The summed E-state index contributed by atoms with van der Waals surface area (Å²) in [6, 6.07) is 0. The number of amides is 1. The van der Waals surface area contributed by atoms with E-state index in [2.05, 4.69) is 41.2 Å². The van der Waals surface area contributed by atoms with Gasteiger partial charge in [-0.2, -0.15) is 0 Å². The number of ether oxygens (including phenoxy) is 1. The predicted molar refractivity (Wildman–Crippen MR) is 108 cm³/mol. The number of carbonyl (C=O) groups is 1. The number of guanidine groups is 1. The Morgan fingerprint density at radius 2 is 1.88 bits per heavy atom. The van der Waals surface area contributed by atoms with E-state index in [1.807, 2.05) is 0 Å². The molecule has 0 bridgehead atoms. The molecule has 0 atom stereocenters. The molecule has 0 spiro atoms. The van der Waals surface area contributed by atoms with Crippen LogP contribution in [0.1, 0.15) is 40.0 Å². The molecule has 7 nitrogen and oxygen atoms in total. The summed E-state index contributed by atoms with van der Waals surface area (Å²) in [5, 5.41) is 6.28. The summed E-state index contributed by atoms with van der Waals surface area (Å²) < 4.78 is 4.95. The molecule has 26 heavy (non-hydrogen) atoms. The number of nitrogens with zero attached hydrogens (tertiary/aromatic N) is 3. The quantitative estimate of drug-likeness (QED) is 0.325. The number of methoxy groups -OCH3 is 1. The number of unbranched alkanes of at least 4 members (excludes halogenated alkanes) is 1. The van der Waals surface area contributed by atoms with Gasteiger partial charge in [-0.25, -0.2) is 0 Å². The Balaban J connectivity index is 2.33. The number of carbonyl (C=O) groups excluding carboxylic acids is 1. The van der Waals surface area contributed by atoms with Crippen molar-refractivity contribution >= 4 is 11.9 Å². The van der Waals surface area contributed by atoms with E-state index in [1.165, 1.54) is 12.8 Å².